The first-order valence-electron chi connectivity index (χ1n) is 4.55. The Balaban J connectivity index is 3.33. The zero-order chi connectivity index (χ0) is 12.3. The minimum Gasteiger partial charge on any atom is -0.394 e. The third-order valence-electron chi connectivity index (χ3n) is 2.24. The molecule has 90 valence electrons. The minimum atomic E-state index is -4.77. The van der Waals surface area contributed by atoms with Crippen LogP contribution in [0, 0.1) is 5.82 Å². The van der Waals surface area contributed by atoms with E-state index in [1.807, 2.05) is 0 Å². The number of aliphatic hydroxyl groups is 1. The molecule has 1 aromatic carbocycles. The molecule has 1 atom stereocenters. The van der Waals surface area contributed by atoms with Crippen molar-refractivity contribution in [2.24, 2.45) is 0 Å². The Labute approximate surface area is 89.9 Å². The van der Waals surface area contributed by atoms with E-state index in [0.29, 0.717) is 0 Å². The van der Waals surface area contributed by atoms with Crippen LogP contribution >= 0.6 is 0 Å². The van der Waals surface area contributed by atoms with E-state index in [0.717, 1.165) is 12.1 Å². The highest BCUT2D eigenvalue weighted by Crippen LogP contribution is 2.36. The van der Waals surface area contributed by atoms with Gasteiger partial charge in [0.2, 0.25) is 0 Å². The lowest BCUT2D eigenvalue weighted by Crippen LogP contribution is -2.24. The lowest BCUT2D eigenvalue weighted by Gasteiger charge is -2.19. The van der Waals surface area contributed by atoms with E-state index < -0.39 is 30.2 Å². The normalized spacial score (nSPS) is 13.9. The number of halogens is 4. The maximum atomic E-state index is 13.1. The van der Waals surface area contributed by atoms with Gasteiger partial charge in [-0.2, -0.15) is 13.2 Å². The van der Waals surface area contributed by atoms with Crippen molar-refractivity contribution >= 4 is 0 Å². The molecule has 0 saturated carbocycles. The molecule has 0 unspecified atom stereocenters. The van der Waals surface area contributed by atoms with Crippen molar-refractivity contribution in [2.45, 2.75) is 12.2 Å². The second-order valence-electron chi connectivity index (χ2n) is 3.23. The van der Waals surface area contributed by atoms with Gasteiger partial charge in [-0.25, -0.2) is 4.39 Å². The lowest BCUT2D eigenvalue weighted by molar-refractivity contribution is -0.141. The van der Waals surface area contributed by atoms with Crippen LogP contribution in [-0.2, 0) is 6.18 Å². The van der Waals surface area contributed by atoms with E-state index in [-0.39, 0.29) is 5.56 Å². The number of hydrogen-bond donors (Lipinski definition) is 2. The third-order valence-corrected chi connectivity index (χ3v) is 2.24. The molecule has 1 aromatic rings. The van der Waals surface area contributed by atoms with Gasteiger partial charge in [0.05, 0.1) is 18.2 Å². The molecule has 0 saturated heterocycles. The molecule has 0 aliphatic carbocycles. The van der Waals surface area contributed by atoms with Gasteiger partial charge in [-0.1, -0.05) is 12.1 Å². The molecule has 0 fully saturated rings. The van der Waals surface area contributed by atoms with Crippen molar-refractivity contribution in [1.29, 1.82) is 0 Å². The predicted molar refractivity (Wildman–Crippen MR) is 50.3 cm³/mol. The van der Waals surface area contributed by atoms with E-state index in [9.17, 15) is 17.6 Å². The molecule has 16 heavy (non-hydrogen) atoms. The van der Waals surface area contributed by atoms with Gasteiger partial charge in [0.1, 0.15) is 5.82 Å². The van der Waals surface area contributed by atoms with E-state index in [2.05, 4.69) is 5.32 Å². The third kappa shape index (κ3) is 2.51. The summed E-state index contributed by atoms with van der Waals surface area (Å²) in [7, 11) is 1.39. The Morgan fingerprint density at radius 3 is 2.44 bits per heavy atom. The summed E-state index contributed by atoms with van der Waals surface area (Å²) in [5.41, 5.74) is -1.62. The molecule has 0 radical (unpaired) electrons. The number of nitrogens with one attached hydrogen (secondary N) is 1. The van der Waals surface area contributed by atoms with Gasteiger partial charge in [0.25, 0.3) is 0 Å². The van der Waals surface area contributed by atoms with Crippen molar-refractivity contribution in [3.05, 3.63) is 35.1 Å². The van der Waals surface area contributed by atoms with E-state index in [1.54, 1.807) is 0 Å². The van der Waals surface area contributed by atoms with Gasteiger partial charge in [0.15, 0.2) is 0 Å². The Bertz CT molecular complexity index is 360. The Hall–Kier alpha value is -1.14. The number of benzene rings is 1. The van der Waals surface area contributed by atoms with Gasteiger partial charge in [-0.3, -0.25) is 0 Å². The van der Waals surface area contributed by atoms with Gasteiger partial charge >= 0.3 is 6.18 Å². The second-order valence-corrected chi connectivity index (χ2v) is 3.23. The summed E-state index contributed by atoms with van der Waals surface area (Å²) in [6.07, 6.45) is -4.77. The number of hydrogen-bond acceptors (Lipinski definition) is 2. The summed E-state index contributed by atoms with van der Waals surface area (Å²) in [5.74, 6) is -1.33. The largest absolute Gasteiger partial charge is 0.419 e. The van der Waals surface area contributed by atoms with Crippen LogP contribution in [0.2, 0.25) is 0 Å². The molecule has 6 heteroatoms. The van der Waals surface area contributed by atoms with Crippen LogP contribution in [0.4, 0.5) is 17.6 Å². The second kappa shape index (κ2) is 4.80. The molecule has 2 N–H and O–H groups in total. The molecule has 1 rings (SSSR count). The van der Waals surface area contributed by atoms with Gasteiger partial charge in [-0.15, -0.1) is 0 Å². The van der Waals surface area contributed by atoms with Crippen molar-refractivity contribution in [1.82, 2.24) is 5.32 Å². The Kier molecular flexibility index (Phi) is 3.88. The first-order valence-corrected chi connectivity index (χ1v) is 4.55. The van der Waals surface area contributed by atoms with Crippen molar-refractivity contribution < 1.29 is 22.7 Å². The Morgan fingerprint density at radius 2 is 2.00 bits per heavy atom. The first-order chi connectivity index (χ1) is 7.41. The summed E-state index contributed by atoms with van der Waals surface area (Å²) >= 11 is 0. The zero-order valence-corrected chi connectivity index (χ0v) is 8.48. The molecular weight excluding hydrogens is 226 g/mol. The number of rotatable bonds is 3. The average Bonchev–Trinajstić information content (AvgIpc) is 2.17. The summed E-state index contributed by atoms with van der Waals surface area (Å²) in [6.45, 7) is -0.539. The van der Waals surface area contributed by atoms with Crippen LogP contribution in [0.5, 0.6) is 0 Å². The number of alkyl halides is 3. The van der Waals surface area contributed by atoms with Crippen molar-refractivity contribution in [2.75, 3.05) is 13.7 Å². The molecule has 0 aliphatic rings. The number of aliphatic hydroxyl groups excluding tert-OH is 1. The quantitative estimate of drug-likeness (QED) is 0.789. The maximum Gasteiger partial charge on any atom is 0.419 e. The van der Waals surface area contributed by atoms with Crippen molar-refractivity contribution in [3.8, 4) is 0 Å². The van der Waals surface area contributed by atoms with Gasteiger partial charge < -0.3 is 10.4 Å². The first kappa shape index (κ1) is 12.9. The number of likely N-dealkylation sites (N-methyl/N-ethyl adjacent to an activating group) is 1. The highest BCUT2D eigenvalue weighted by Gasteiger charge is 2.38. The van der Waals surface area contributed by atoms with Gasteiger partial charge in [-0.05, 0) is 18.7 Å². The SMILES string of the molecule is CN[C@H](CO)c1cccc(F)c1C(F)(F)F. The van der Waals surface area contributed by atoms with Crippen LogP contribution in [0.1, 0.15) is 17.2 Å². The van der Waals surface area contributed by atoms with E-state index >= 15 is 0 Å². The zero-order valence-electron chi connectivity index (χ0n) is 8.48. The lowest BCUT2D eigenvalue weighted by atomic mass is 10.00. The Morgan fingerprint density at radius 1 is 1.38 bits per heavy atom. The summed E-state index contributed by atoms with van der Waals surface area (Å²) in [4.78, 5) is 0. The highest BCUT2D eigenvalue weighted by molar-refractivity contribution is 5.33. The molecule has 0 heterocycles. The predicted octanol–water partition coefficient (Wildman–Crippen LogP) is 2.10. The topological polar surface area (TPSA) is 32.3 Å². The molecule has 0 aromatic heterocycles. The van der Waals surface area contributed by atoms with Crippen LogP contribution in [-0.4, -0.2) is 18.8 Å². The summed E-state index contributed by atoms with van der Waals surface area (Å²) < 4.78 is 50.9. The molecule has 0 amide bonds. The summed E-state index contributed by atoms with van der Waals surface area (Å²) in [6, 6.07) is 2.13. The maximum absolute atomic E-state index is 13.1. The molecular formula is C10H11F4NO. The monoisotopic (exact) mass is 237 g/mol. The fourth-order valence-corrected chi connectivity index (χ4v) is 1.48. The van der Waals surface area contributed by atoms with Crippen LogP contribution in [0.25, 0.3) is 0 Å². The van der Waals surface area contributed by atoms with E-state index in [4.69, 9.17) is 5.11 Å². The molecule has 0 aliphatic heterocycles. The van der Waals surface area contributed by atoms with Crippen molar-refractivity contribution in [3.63, 3.8) is 0 Å². The van der Waals surface area contributed by atoms with Crippen LogP contribution in [0.3, 0.4) is 0 Å². The average molecular weight is 237 g/mol. The van der Waals surface area contributed by atoms with E-state index in [1.165, 1.54) is 13.1 Å². The molecule has 2 nitrogen and oxygen atoms in total. The molecule has 0 spiro atoms. The molecule has 0 bridgehead atoms. The fraction of sp³-hybridized carbons (Fsp3) is 0.400. The summed E-state index contributed by atoms with van der Waals surface area (Å²) in [5, 5.41) is 11.4. The van der Waals surface area contributed by atoms with Crippen LogP contribution in [0.15, 0.2) is 18.2 Å². The van der Waals surface area contributed by atoms with Crippen LogP contribution < -0.4 is 5.32 Å². The fourth-order valence-electron chi connectivity index (χ4n) is 1.48. The standard InChI is InChI=1S/C10H11F4NO/c1-15-8(5-16)6-3-2-4-7(11)9(6)10(12,13)14/h2-4,8,15-16H,5H2,1H3/t8-/m1/s1. The highest BCUT2D eigenvalue weighted by atomic mass is 19.4. The smallest absolute Gasteiger partial charge is 0.394 e. The van der Waals surface area contributed by atoms with Gasteiger partial charge in [0, 0.05) is 0 Å². The minimum absolute atomic E-state index is 0.294.